The smallest absolute Gasteiger partial charge is 0.0715 e. The number of fused-ring (bicyclic) bond motifs is 7. The second kappa shape index (κ2) is 12.1. The first kappa shape index (κ1) is 29.4. The minimum Gasteiger partial charge on any atom is -0.248 e. The number of benzene rings is 8. The summed E-state index contributed by atoms with van der Waals surface area (Å²) < 4.78 is 0. The van der Waals surface area contributed by atoms with E-state index < -0.39 is 0 Å². The molecule has 1 heteroatoms. The van der Waals surface area contributed by atoms with Gasteiger partial charge in [0, 0.05) is 17.0 Å². The third-order valence-corrected chi connectivity index (χ3v) is 10.5. The zero-order valence-corrected chi connectivity index (χ0v) is 28.0. The molecule has 1 heterocycles. The molecule has 0 fully saturated rings. The van der Waals surface area contributed by atoms with Crippen molar-refractivity contribution in [2.24, 2.45) is 0 Å². The Morgan fingerprint density at radius 3 is 1.39 bits per heavy atom. The number of rotatable bonds is 5. The average molecular weight is 648 g/mol. The topological polar surface area (TPSA) is 12.9 Å². The van der Waals surface area contributed by atoms with Crippen molar-refractivity contribution >= 4 is 21.5 Å². The fourth-order valence-corrected chi connectivity index (χ4v) is 8.11. The van der Waals surface area contributed by atoms with Crippen LogP contribution in [-0.2, 0) is 0 Å². The predicted molar refractivity (Wildman–Crippen MR) is 214 cm³/mol. The summed E-state index contributed by atoms with van der Waals surface area (Å²) in [6.45, 7) is 0. The van der Waals surface area contributed by atoms with Crippen LogP contribution in [0.4, 0.5) is 0 Å². The van der Waals surface area contributed by atoms with Crippen molar-refractivity contribution in [2.75, 3.05) is 0 Å². The Balaban J connectivity index is 1.13. The molecule has 0 atom stereocenters. The molecule has 1 nitrogen and oxygen atoms in total. The minimum absolute atomic E-state index is 0.129. The van der Waals surface area contributed by atoms with Gasteiger partial charge in [0.25, 0.3) is 0 Å². The van der Waals surface area contributed by atoms with Crippen molar-refractivity contribution in [2.45, 2.75) is 5.92 Å². The van der Waals surface area contributed by atoms with Crippen molar-refractivity contribution in [3.05, 3.63) is 211 Å². The molecule has 1 aliphatic rings. The van der Waals surface area contributed by atoms with Crippen molar-refractivity contribution < 1.29 is 0 Å². The van der Waals surface area contributed by atoms with Crippen LogP contribution in [0, 0.1) is 0 Å². The van der Waals surface area contributed by atoms with Crippen LogP contribution in [0.25, 0.3) is 77.4 Å². The first-order valence-corrected chi connectivity index (χ1v) is 17.7. The van der Waals surface area contributed by atoms with Crippen molar-refractivity contribution in [1.29, 1.82) is 0 Å². The second-order valence-electron chi connectivity index (χ2n) is 13.5. The maximum atomic E-state index is 5.22. The summed E-state index contributed by atoms with van der Waals surface area (Å²) in [6, 6.07) is 70.5. The second-order valence-corrected chi connectivity index (χ2v) is 13.5. The lowest BCUT2D eigenvalue weighted by atomic mass is 9.86. The van der Waals surface area contributed by atoms with Gasteiger partial charge in [0.2, 0.25) is 0 Å². The zero-order valence-electron chi connectivity index (χ0n) is 28.0. The molecule has 0 unspecified atom stereocenters. The SMILES string of the molecule is c1ccc(-c2ccc(-c3cc(-c4cccc(C5c6ccc7ccccc7c6-c6c5ccc5ccccc65)c4)cc(-c4ccccc4)n3)cc2)cc1. The van der Waals surface area contributed by atoms with Gasteiger partial charge in [0.15, 0.2) is 0 Å². The highest BCUT2D eigenvalue weighted by Gasteiger charge is 2.32. The molecule has 10 rings (SSSR count). The van der Waals surface area contributed by atoms with Crippen molar-refractivity contribution in [1.82, 2.24) is 4.98 Å². The summed E-state index contributed by atoms with van der Waals surface area (Å²) in [5.74, 6) is 0.129. The van der Waals surface area contributed by atoms with Gasteiger partial charge in [0.1, 0.15) is 0 Å². The molecule has 0 saturated carbocycles. The molecule has 0 radical (unpaired) electrons. The Labute approximate surface area is 298 Å². The summed E-state index contributed by atoms with van der Waals surface area (Å²) in [7, 11) is 0. The first-order valence-electron chi connectivity index (χ1n) is 17.7. The standard InChI is InChI=1S/C50H33N/c1-3-12-33(13-4-1)34-22-24-38(25-23-34)47-32-41(31-46(51-47)37-16-5-2-6-17-37)39-18-11-19-40(30-39)48-44-28-26-35-14-7-9-20-42(35)49(44)50-43-21-10-8-15-36(43)27-29-45(48)50/h1-32,48H. The van der Waals surface area contributed by atoms with Crippen LogP contribution in [0.15, 0.2) is 194 Å². The Kier molecular flexibility index (Phi) is 6.96. The highest BCUT2D eigenvalue weighted by molar-refractivity contribution is 6.10. The summed E-state index contributed by atoms with van der Waals surface area (Å²) in [4.78, 5) is 5.22. The van der Waals surface area contributed by atoms with Crippen LogP contribution in [-0.4, -0.2) is 4.98 Å². The number of hydrogen-bond acceptors (Lipinski definition) is 1. The van der Waals surface area contributed by atoms with E-state index in [0.29, 0.717) is 0 Å². The van der Waals surface area contributed by atoms with Gasteiger partial charge in [-0.15, -0.1) is 0 Å². The average Bonchev–Trinajstić information content (AvgIpc) is 3.57. The van der Waals surface area contributed by atoms with Gasteiger partial charge in [-0.05, 0) is 83.7 Å². The Morgan fingerprint density at radius 1 is 0.314 bits per heavy atom. The molecule has 0 N–H and O–H groups in total. The van der Waals surface area contributed by atoms with Gasteiger partial charge in [-0.2, -0.15) is 0 Å². The molecule has 0 saturated heterocycles. The quantitative estimate of drug-likeness (QED) is 0.181. The first-order chi connectivity index (χ1) is 25.3. The van der Waals surface area contributed by atoms with E-state index in [0.717, 1.165) is 28.1 Å². The van der Waals surface area contributed by atoms with Crippen molar-refractivity contribution in [3.63, 3.8) is 0 Å². The molecule has 0 amide bonds. The lowest BCUT2D eigenvalue weighted by molar-refractivity contribution is 1.02. The Hall–Kier alpha value is -6.57. The number of pyridine rings is 1. The lowest BCUT2D eigenvalue weighted by Crippen LogP contribution is -2.00. The molecule has 1 aliphatic carbocycles. The van der Waals surface area contributed by atoms with Crippen LogP contribution < -0.4 is 0 Å². The van der Waals surface area contributed by atoms with E-state index in [1.165, 1.54) is 66.1 Å². The monoisotopic (exact) mass is 647 g/mol. The number of hydrogen-bond donors (Lipinski definition) is 0. The van der Waals surface area contributed by atoms with Gasteiger partial charge in [-0.25, -0.2) is 4.98 Å². The Bertz CT molecular complexity index is 2640. The zero-order chi connectivity index (χ0) is 33.7. The van der Waals surface area contributed by atoms with Crippen LogP contribution >= 0.6 is 0 Å². The molecule has 8 aromatic carbocycles. The predicted octanol–water partition coefficient (Wildman–Crippen LogP) is 13.2. The molecule has 0 spiro atoms. The van der Waals surface area contributed by atoms with Crippen LogP contribution in [0.5, 0.6) is 0 Å². The van der Waals surface area contributed by atoms with Gasteiger partial charge in [-0.3, -0.25) is 0 Å². The van der Waals surface area contributed by atoms with E-state index in [4.69, 9.17) is 4.98 Å². The third-order valence-electron chi connectivity index (χ3n) is 10.5. The summed E-state index contributed by atoms with van der Waals surface area (Å²) in [6.07, 6.45) is 0. The molecule has 9 aromatic rings. The van der Waals surface area contributed by atoms with Gasteiger partial charge >= 0.3 is 0 Å². The molecule has 1 aromatic heterocycles. The maximum Gasteiger partial charge on any atom is 0.0715 e. The van der Waals surface area contributed by atoms with Crippen LogP contribution in [0.1, 0.15) is 22.6 Å². The molecule has 0 bridgehead atoms. The molecule has 0 aliphatic heterocycles. The summed E-state index contributed by atoms with van der Waals surface area (Å²) in [5, 5.41) is 5.19. The van der Waals surface area contributed by atoms with Crippen LogP contribution in [0.2, 0.25) is 0 Å². The molecular formula is C50H33N. The fraction of sp³-hybridized carbons (Fsp3) is 0.0200. The van der Waals surface area contributed by atoms with E-state index in [9.17, 15) is 0 Å². The minimum atomic E-state index is 0.129. The summed E-state index contributed by atoms with van der Waals surface area (Å²) in [5.41, 5.74) is 15.7. The van der Waals surface area contributed by atoms with E-state index in [1.54, 1.807) is 0 Å². The van der Waals surface area contributed by atoms with E-state index in [2.05, 4.69) is 194 Å². The van der Waals surface area contributed by atoms with Gasteiger partial charge in [0.05, 0.1) is 11.4 Å². The van der Waals surface area contributed by atoms with Gasteiger partial charge < -0.3 is 0 Å². The van der Waals surface area contributed by atoms with E-state index in [1.807, 2.05) is 0 Å². The van der Waals surface area contributed by atoms with E-state index in [-0.39, 0.29) is 5.92 Å². The Morgan fingerprint density at radius 2 is 0.784 bits per heavy atom. The lowest BCUT2D eigenvalue weighted by Gasteiger charge is -2.17. The number of aromatic nitrogens is 1. The van der Waals surface area contributed by atoms with Gasteiger partial charge in [-0.1, -0.05) is 182 Å². The fourth-order valence-electron chi connectivity index (χ4n) is 8.11. The van der Waals surface area contributed by atoms with E-state index >= 15 is 0 Å². The number of nitrogens with zero attached hydrogens (tertiary/aromatic N) is 1. The normalized spacial score (nSPS) is 12.2. The largest absolute Gasteiger partial charge is 0.248 e. The molecule has 51 heavy (non-hydrogen) atoms. The highest BCUT2D eigenvalue weighted by Crippen LogP contribution is 2.53. The van der Waals surface area contributed by atoms with Crippen LogP contribution in [0.3, 0.4) is 0 Å². The van der Waals surface area contributed by atoms with Crippen molar-refractivity contribution in [3.8, 4) is 55.9 Å². The molecular weight excluding hydrogens is 615 g/mol. The highest BCUT2D eigenvalue weighted by atomic mass is 14.7. The maximum absolute atomic E-state index is 5.22. The third kappa shape index (κ3) is 5.06. The molecule has 238 valence electrons. The summed E-state index contributed by atoms with van der Waals surface area (Å²) >= 11 is 0.